The van der Waals surface area contributed by atoms with Crippen molar-refractivity contribution in [2.24, 2.45) is 11.7 Å². The maximum atomic E-state index is 12.7. The molecule has 2 rings (SSSR count). The standard InChI is InChI=1S/C15H25N3O2S/c1-11-10-18(3)8-7-14(11)17-21(19,20)15-6-4-5-13(9-16)12(15)2/h4-6,11,14,17H,7-10,16H2,1-3H3. The summed E-state index contributed by atoms with van der Waals surface area (Å²) >= 11 is 0. The quantitative estimate of drug-likeness (QED) is 0.872. The van der Waals surface area contributed by atoms with Crippen molar-refractivity contribution in [2.45, 2.75) is 37.8 Å². The summed E-state index contributed by atoms with van der Waals surface area (Å²) in [6.45, 7) is 6.08. The van der Waals surface area contributed by atoms with E-state index in [1.807, 2.05) is 13.0 Å². The molecule has 0 amide bonds. The van der Waals surface area contributed by atoms with Crippen molar-refractivity contribution in [3.63, 3.8) is 0 Å². The van der Waals surface area contributed by atoms with Gasteiger partial charge in [0, 0.05) is 19.1 Å². The van der Waals surface area contributed by atoms with Crippen LogP contribution >= 0.6 is 0 Å². The molecule has 1 aromatic carbocycles. The molecular weight excluding hydrogens is 286 g/mol. The van der Waals surface area contributed by atoms with Crippen LogP contribution in [0.2, 0.25) is 0 Å². The van der Waals surface area contributed by atoms with E-state index in [1.165, 1.54) is 0 Å². The van der Waals surface area contributed by atoms with Gasteiger partial charge in [0.05, 0.1) is 4.90 Å². The molecule has 118 valence electrons. The molecule has 2 atom stereocenters. The van der Waals surface area contributed by atoms with Gasteiger partial charge in [-0.2, -0.15) is 0 Å². The van der Waals surface area contributed by atoms with E-state index in [0.717, 1.165) is 30.6 Å². The van der Waals surface area contributed by atoms with Crippen LogP contribution in [-0.2, 0) is 16.6 Å². The molecular formula is C15H25N3O2S. The Hall–Kier alpha value is -0.950. The van der Waals surface area contributed by atoms with E-state index in [9.17, 15) is 8.42 Å². The zero-order valence-electron chi connectivity index (χ0n) is 13.0. The Bertz CT molecular complexity index is 601. The van der Waals surface area contributed by atoms with Gasteiger partial charge >= 0.3 is 0 Å². The van der Waals surface area contributed by atoms with Crippen LogP contribution < -0.4 is 10.5 Å². The van der Waals surface area contributed by atoms with E-state index in [-0.39, 0.29) is 6.04 Å². The zero-order chi connectivity index (χ0) is 15.6. The highest BCUT2D eigenvalue weighted by Crippen LogP contribution is 2.22. The molecule has 0 aromatic heterocycles. The number of likely N-dealkylation sites (tertiary alicyclic amines) is 1. The molecule has 21 heavy (non-hydrogen) atoms. The highest BCUT2D eigenvalue weighted by Gasteiger charge is 2.29. The van der Waals surface area contributed by atoms with Crippen molar-refractivity contribution in [1.29, 1.82) is 0 Å². The van der Waals surface area contributed by atoms with Gasteiger partial charge in [-0.3, -0.25) is 0 Å². The minimum absolute atomic E-state index is 0.00728. The summed E-state index contributed by atoms with van der Waals surface area (Å²) in [5.41, 5.74) is 7.28. The van der Waals surface area contributed by atoms with E-state index >= 15 is 0 Å². The normalized spacial score (nSPS) is 24.2. The Balaban J connectivity index is 2.23. The van der Waals surface area contributed by atoms with Crippen LogP contribution in [0.25, 0.3) is 0 Å². The number of rotatable bonds is 4. The van der Waals surface area contributed by atoms with Crippen LogP contribution in [0.15, 0.2) is 23.1 Å². The van der Waals surface area contributed by atoms with Gasteiger partial charge in [0.15, 0.2) is 0 Å². The van der Waals surface area contributed by atoms with Crippen LogP contribution in [-0.4, -0.2) is 39.5 Å². The van der Waals surface area contributed by atoms with Gasteiger partial charge in [-0.25, -0.2) is 13.1 Å². The first-order valence-electron chi connectivity index (χ1n) is 7.34. The Morgan fingerprint density at radius 3 is 2.76 bits per heavy atom. The van der Waals surface area contributed by atoms with E-state index in [4.69, 9.17) is 5.73 Å². The molecule has 1 heterocycles. The summed E-state index contributed by atoms with van der Waals surface area (Å²) in [5, 5.41) is 0. The maximum Gasteiger partial charge on any atom is 0.241 e. The summed E-state index contributed by atoms with van der Waals surface area (Å²) in [6, 6.07) is 5.26. The number of hydrogen-bond donors (Lipinski definition) is 2. The Morgan fingerprint density at radius 2 is 2.14 bits per heavy atom. The average Bonchev–Trinajstić information content (AvgIpc) is 2.42. The van der Waals surface area contributed by atoms with E-state index in [1.54, 1.807) is 12.1 Å². The molecule has 1 aromatic rings. The fraction of sp³-hybridized carbons (Fsp3) is 0.600. The maximum absolute atomic E-state index is 12.7. The van der Waals surface area contributed by atoms with E-state index in [2.05, 4.69) is 23.6 Å². The minimum atomic E-state index is -3.50. The van der Waals surface area contributed by atoms with Gasteiger partial charge in [0.2, 0.25) is 10.0 Å². The number of nitrogens with one attached hydrogen (secondary N) is 1. The largest absolute Gasteiger partial charge is 0.326 e. The Morgan fingerprint density at radius 1 is 1.43 bits per heavy atom. The zero-order valence-corrected chi connectivity index (χ0v) is 13.8. The lowest BCUT2D eigenvalue weighted by Crippen LogP contribution is -2.48. The lowest BCUT2D eigenvalue weighted by atomic mass is 9.95. The number of nitrogens with zero attached hydrogens (tertiary/aromatic N) is 1. The summed E-state index contributed by atoms with van der Waals surface area (Å²) in [4.78, 5) is 2.58. The Kier molecular flexibility index (Phi) is 5.03. The van der Waals surface area contributed by atoms with Gasteiger partial charge in [-0.15, -0.1) is 0 Å². The molecule has 0 bridgehead atoms. The van der Waals surface area contributed by atoms with Crippen molar-refractivity contribution < 1.29 is 8.42 Å². The highest BCUT2D eigenvalue weighted by molar-refractivity contribution is 7.89. The summed E-state index contributed by atoms with van der Waals surface area (Å²) in [6.07, 6.45) is 0.840. The monoisotopic (exact) mass is 311 g/mol. The van der Waals surface area contributed by atoms with Crippen molar-refractivity contribution in [3.05, 3.63) is 29.3 Å². The second-order valence-electron chi connectivity index (χ2n) is 6.00. The summed E-state index contributed by atoms with van der Waals surface area (Å²) < 4.78 is 28.2. The number of nitrogens with two attached hydrogens (primary N) is 1. The molecule has 2 unspecified atom stereocenters. The second-order valence-corrected chi connectivity index (χ2v) is 7.68. The third kappa shape index (κ3) is 3.63. The van der Waals surface area contributed by atoms with Crippen LogP contribution in [0.5, 0.6) is 0 Å². The van der Waals surface area contributed by atoms with Crippen molar-refractivity contribution in [2.75, 3.05) is 20.1 Å². The molecule has 5 nitrogen and oxygen atoms in total. The van der Waals surface area contributed by atoms with Crippen LogP contribution in [0.1, 0.15) is 24.5 Å². The van der Waals surface area contributed by atoms with Crippen LogP contribution in [0.4, 0.5) is 0 Å². The van der Waals surface area contributed by atoms with Crippen molar-refractivity contribution in [1.82, 2.24) is 9.62 Å². The third-order valence-electron chi connectivity index (χ3n) is 4.32. The predicted octanol–water partition coefficient (Wildman–Crippen LogP) is 1.07. The minimum Gasteiger partial charge on any atom is -0.326 e. The van der Waals surface area contributed by atoms with E-state index in [0.29, 0.717) is 17.4 Å². The summed E-state index contributed by atoms with van der Waals surface area (Å²) in [7, 11) is -1.43. The van der Waals surface area contributed by atoms with Gasteiger partial charge < -0.3 is 10.6 Å². The number of benzene rings is 1. The molecule has 1 aliphatic rings. The lowest BCUT2D eigenvalue weighted by molar-refractivity contribution is 0.188. The SMILES string of the molecule is Cc1c(CN)cccc1S(=O)(=O)NC1CCN(C)CC1C. The molecule has 1 fully saturated rings. The molecule has 6 heteroatoms. The Labute approximate surface area is 127 Å². The molecule has 1 aliphatic heterocycles. The lowest BCUT2D eigenvalue weighted by Gasteiger charge is -2.35. The van der Waals surface area contributed by atoms with E-state index < -0.39 is 10.0 Å². The first-order chi connectivity index (χ1) is 9.85. The van der Waals surface area contributed by atoms with Gasteiger partial charge in [-0.1, -0.05) is 19.1 Å². The molecule has 3 N–H and O–H groups in total. The first kappa shape index (κ1) is 16.4. The fourth-order valence-corrected chi connectivity index (χ4v) is 4.63. The number of hydrogen-bond acceptors (Lipinski definition) is 4. The predicted molar refractivity (Wildman–Crippen MR) is 84.5 cm³/mol. The van der Waals surface area contributed by atoms with Gasteiger partial charge in [0.1, 0.15) is 0 Å². The third-order valence-corrected chi connectivity index (χ3v) is 5.95. The molecule has 0 spiro atoms. The summed E-state index contributed by atoms with van der Waals surface area (Å²) in [5.74, 6) is 0.302. The number of sulfonamides is 1. The molecule has 0 saturated carbocycles. The second kappa shape index (κ2) is 6.44. The van der Waals surface area contributed by atoms with Crippen LogP contribution in [0, 0.1) is 12.8 Å². The molecule has 0 aliphatic carbocycles. The fourth-order valence-electron chi connectivity index (χ4n) is 2.96. The first-order valence-corrected chi connectivity index (χ1v) is 8.83. The van der Waals surface area contributed by atoms with Gasteiger partial charge in [-0.05, 0) is 50.0 Å². The topological polar surface area (TPSA) is 75.4 Å². The van der Waals surface area contributed by atoms with Crippen molar-refractivity contribution in [3.8, 4) is 0 Å². The average molecular weight is 311 g/mol. The van der Waals surface area contributed by atoms with Crippen molar-refractivity contribution >= 4 is 10.0 Å². The van der Waals surface area contributed by atoms with Gasteiger partial charge in [0.25, 0.3) is 0 Å². The molecule has 0 radical (unpaired) electrons. The highest BCUT2D eigenvalue weighted by atomic mass is 32.2. The molecule has 1 saturated heterocycles. The smallest absolute Gasteiger partial charge is 0.241 e. The number of piperidine rings is 1. The van der Waals surface area contributed by atoms with Crippen LogP contribution in [0.3, 0.4) is 0 Å².